The molecule has 3 atom stereocenters. The number of thioether (sulfide) groups is 1. The van der Waals surface area contributed by atoms with E-state index in [4.69, 9.17) is 4.42 Å². The highest BCUT2D eigenvalue weighted by molar-refractivity contribution is 7.99. The number of aryl methyl sites for hydroxylation is 2. The van der Waals surface area contributed by atoms with Crippen molar-refractivity contribution in [1.29, 1.82) is 0 Å². The van der Waals surface area contributed by atoms with E-state index in [1.54, 1.807) is 0 Å². The fourth-order valence-corrected chi connectivity index (χ4v) is 3.82. The molecule has 0 radical (unpaired) electrons. The second-order valence-electron chi connectivity index (χ2n) is 5.27. The molecule has 1 aliphatic rings. The molecule has 0 spiro atoms. The van der Waals surface area contributed by atoms with Gasteiger partial charge in [0.15, 0.2) is 0 Å². The summed E-state index contributed by atoms with van der Waals surface area (Å²) in [7, 11) is 0. The zero-order valence-electron chi connectivity index (χ0n) is 11.8. The van der Waals surface area contributed by atoms with Crippen LogP contribution < -0.4 is 5.32 Å². The van der Waals surface area contributed by atoms with Gasteiger partial charge in [-0.2, -0.15) is 0 Å². The Morgan fingerprint density at radius 3 is 2.78 bits per heavy atom. The maximum Gasteiger partial charge on any atom is 0.256 e. The van der Waals surface area contributed by atoms with Crippen LogP contribution in [0.1, 0.15) is 44.6 Å². The third-order valence-electron chi connectivity index (χ3n) is 3.90. The number of nitrogens with zero attached hydrogens (tertiary/aromatic N) is 1. The van der Waals surface area contributed by atoms with Crippen molar-refractivity contribution in [3.8, 4) is 0 Å². The molecule has 4 heteroatoms. The van der Waals surface area contributed by atoms with Crippen molar-refractivity contribution in [1.82, 2.24) is 10.3 Å². The number of oxazole rings is 1. The average Bonchev–Trinajstić information content (AvgIpc) is 2.83. The number of rotatable bonds is 5. The normalized spacial score (nSPS) is 27.9. The number of hydrogen-bond donors (Lipinski definition) is 1. The van der Waals surface area contributed by atoms with Crippen molar-refractivity contribution in [2.45, 2.75) is 63.5 Å². The first-order chi connectivity index (χ1) is 8.61. The summed E-state index contributed by atoms with van der Waals surface area (Å²) in [4.78, 5) is 4.47. The number of hydrogen-bond acceptors (Lipinski definition) is 4. The molecule has 3 unspecified atom stereocenters. The van der Waals surface area contributed by atoms with E-state index < -0.39 is 0 Å². The second kappa shape index (κ2) is 6.11. The lowest BCUT2D eigenvalue weighted by Gasteiger charge is -2.20. The predicted molar refractivity (Wildman–Crippen MR) is 76.1 cm³/mol. The monoisotopic (exact) mass is 268 g/mol. The Morgan fingerprint density at radius 2 is 2.17 bits per heavy atom. The molecule has 1 aromatic rings. The topological polar surface area (TPSA) is 38.1 Å². The van der Waals surface area contributed by atoms with Crippen molar-refractivity contribution in [3.05, 3.63) is 11.5 Å². The minimum absolute atomic E-state index is 0.636. The standard InChI is InChI=1S/C14H24N2OS/c1-5-8-15-12-6-7-13(9(12)2)18-14-16-10(3)11(4)17-14/h9,12-13,15H,5-8H2,1-4H3. The van der Waals surface area contributed by atoms with Crippen LogP contribution in [0, 0.1) is 19.8 Å². The predicted octanol–water partition coefficient (Wildman–Crippen LogP) is 3.55. The minimum Gasteiger partial charge on any atom is -0.437 e. The van der Waals surface area contributed by atoms with E-state index in [1.165, 1.54) is 19.3 Å². The van der Waals surface area contributed by atoms with E-state index in [9.17, 15) is 0 Å². The Bertz CT molecular complexity index is 372. The van der Waals surface area contributed by atoms with Gasteiger partial charge in [-0.25, -0.2) is 4.98 Å². The van der Waals surface area contributed by atoms with Gasteiger partial charge in [0, 0.05) is 11.3 Å². The van der Waals surface area contributed by atoms with Gasteiger partial charge >= 0.3 is 0 Å². The van der Waals surface area contributed by atoms with Gasteiger partial charge in [0.2, 0.25) is 0 Å². The lowest BCUT2D eigenvalue weighted by Crippen LogP contribution is -2.33. The molecular weight excluding hydrogens is 244 g/mol. The first-order valence-corrected chi connectivity index (χ1v) is 7.83. The van der Waals surface area contributed by atoms with Crippen LogP contribution in [-0.4, -0.2) is 22.8 Å². The Morgan fingerprint density at radius 1 is 1.39 bits per heavy atom. The lowest BCUT2D eigenvalue weighted by atomic mass is 10.1. The molecule has 0 aliphatic heterocycles. The molecule has 2 rings (SSSR count). The van der Waals surface area contributed by atoms with E-state index in [0.717, 1.165) is 23.2 Å². The smallest absolute Gasteiger partial charge is 0.256 e. The van der Waals surface area contributed by atoms with Crippen LogP contribution in [0.4, 0.5) is 0 Å². The third kappa shape index (κ3) is 3.09. The summed E-state index contributed by atoms with van der Waals surface area (Å²) in [6, 6.07) is 0.666. The summed E-state index contributed by atoms with van der Waals surface area (Å²) in [6.07, 6.45) is 3.74. The maximum absolute atomic E-state index is 5.67. The average molecular weight is 268 g/mol. The van der Waals surface area contributed by atoms with Gasteiger partial charge in [0.25, 0.3) is 5.22 Å². The summed E-state index contributed by atoms with van der Waals surface area (Å²) < 4.78 is 5.67. The Labute approximate surface area is 114 Å². The highest BCUT2D eigenvalue weighted by Crippen LogP contribution is 2.39. The van der Waals surface area contributed by atoms with Gasteiger partial charge in [0.1, 0.15) is 5.76 Å². The van der Waals surface area contributed by atoms with Gasteiger partial charge in [-0.05, 0) is 45.6 Å². The quantitative estimate of drug-likeness (QED) is 0.886. The molecule has 1 fully saturated rings. The summed E-state index contributed by atoms with van der Waals surface area (Å²) in [5, 5.41) is 5.13. The van der Waals surface area contributed by atoms with Crippen molar-refractivity contribution < 1.29 is 4.42 Å². The fraction of sp³-hybridized carbons (Fsp3) is 0.786. The Balaban J connectivity index is 1.91. The van der Waals surface area contributed by atoms with Crippen molar-refractivity contribution in [2.24, 2.45) is 5.92 Å². The molecule has 1 saturated carbocycles. The Hall–Kier alpha value is -0.480. The molecule has 0 aromatic carbocycles. The molecule has 1 aliphatic carbocycles. The molecule has 0 bridgehead atoms. The molecule has 1 N–H and O–H groups in total. The van der Waals surface area contributed by atoms with Crippen molar-refractivity contribution >= 4 is 11.8 Å². The first-order valence-electron chi connectivity index (χ1n) is 6.96. The fourth-order valence-electron chi connectivity index (χ4n) is 2.54. The number of nitrogens with one attached hydrogen (secondary N) is 1. The van der Waals surface area contributed by atoms with Crippen LogP contribution in [0.15, 0.2) is 9.64 Å². The van der Waals surface area contributed by atoms with E-state index in [2.05, 4.69) is 24.1 Å². The molecular formula is C14H24N2OS. The summed E-state index contributed by atoms with van der Waals surface area (Å²) in [6.45, 7) is 9.68. The minimum atomic E-state index is 0.636. The van der Waals surface area contributed by atoms with Gasteiger partial charge in [-0.1, -0.05) is 25.6 Å². The maximum atomic E-state index is 5.67. The van der Waals surface area contributed by atoms with Crippen LogP contribution in [0.2, 0.25) is 0 Å². The Kier molecular flexibility index (Phi) is 4.73. The largest absolute Gasteiger partial charge is 0.437 e. The zero-order chi connectivity index (χ0) is 13.1. The second-order valence-corrected chi connectivity index (χ2v) is 6.47. The van der Waals surface area contributed by atoms with Gasteiger partial charge in [-0.15, -0.1) is 0 Å². The van der Waals surface area contributed by atoms with Crippen molar-refractivity contribution in [3.63, 3.8) is 0 Å². The third-order valence-corrected chi connectivity index (χ3v) is 5.24. The molecule has 3 nitrogen and oxygen atoms in total. The van der Waals surface area contributed by atoms with Crippen LogP contribution in [0.25, 0.3) is 0 Å². The van der Waals surface area contributed by atoms with E-state index in [-0.39, 0.29) is 0 Å². The molecule has 102 valence electrons. The summed E-state index contributed by atoms with van der Waals surface area (Å²) >= 11 is 1.81. The SMILES string of the molecule is CCCNC1CCC(Sc2nc(C)c(C)o2)C1C. The highest BCUT2D eigenvalue weighted by Gasteiger charge is 2.33. The van der Waals surface area contributed by atoms with E-state index >= 15 is 0 Å². The van der Waals surface area contributed by atoms with Gasteiger partial charge < -0.3 is 9.73 Å². The van der Waals surface area contributed by atoms with Crippen LogP contribution in [0.5, 0.6) is 0 Å². The highest BCUT2D eigenvalue weighted by atomic mass is 32.2. The van der Waals surface area contributed by atoms with Crippen molar-refractivity contribution in [2.75, 3.05) is 6.54 Å². The summed E-state index contributed by atoms with van der Waals surface area (Å²) in [5.74, 6) is 1.64. The lowest BCUT2D eigenvalue weighted by molar-refractivity contribution is 0.419. The number of aromatic nitrogens is 1. The van der Waals surface area contributed by atoms with Gasteiger partial charge in [-0.3, -0.25) is 0 Å². The molecule has 1 heterocycles. The zero-order valence-corrected chi connectivity index (χ0v) is 12.6. The molecule has 18 heavy (non-hydrogen) atoms. The van der Waals surface area contributed by atoms with E-state index in [1.807, 2.05) is 25.6 Å². The van der Waals surface area contributed by atoms with Crippen LogP contribution in [-0.2, 0) is 0 Å². The first kappa shape index (κ1) is 13.9. The van der Waals surface area contributed by atoms with E-state index in [0.29, 0.717) is 17.2 Å². The molecule has 0 saturated heterocycles. The summed E-state index contributed by atoms with van der Waals surface area (Å²) in [5.41, 5.74) is 1.02. The van der Waals surface area contributed by atoms with Crippen LogP contribution in [0.3, 0.4) is 0 Å². The molecule has 0 amide bonds. The van der Waals surface area contributed by atoms with Gasteiger partial charge in [0.05, 0.1) is 5.69 Å². The molecule has 1 aromatic heterocycles. The van der Waals surface area contributed by atoms with Crippen LogP contribution >= 0.6 is 11.8 Å².